The monoisotopic (exact) mass is 252 g/mol. The Bertz CT molecular complexity index is 157. The summed E-state index contributed by atoms with van der Waals surface area (Å²) < 4.78 is 0. The largest absolute Gasteiger partial charge is 0.0885 e. The first-order valence-electron chi connectivity index (χ1n) is 8.56. The molecule has 0 rings (SSSR count). The second-order valence-corrected chi connectivity index (χ2v) is 5.58. The third kappa shape index (κ3) is 15.7. The van der Waals surface area contributed by atoms with Gasteiger partial charge in [-0.05, 0) is 25.7 Å². The molecule has 18 heavy (non-hydrogen) atoms. The molecule has 0 radical (unpaired) electrons. The quantitative estimate of drug-likeness (QED) is 0.230. The molecular formula is C18H36. The first-order valence-corrected chi connectivity index (χ1v) is 8.56. The Morgan fingerprint density at radius 1 is 0.444 bits per heavy atom. The van der Waals surface area contributed by atoms with Crippen molar-refractivity contribution in [3.63, 3.8) is 0 Å². The van der Waals surface area contributed by atoms with E-state index in [-0.39, 0.29) is 0 Å². The van der Waals surface area contributed by atoms with Crippen LogP contribution in [0, 0.1) is 0 Å². The number of allylic oxidation sites excluding steroid dienone is 2. The second kappa shape index (κ2) is 16.7. The van der Waals surface area contributed by atoms with Crippen molar-refractivity contribution in [3.8, 4) is 0 Å². The molecule has 0 unspecified atom stereocenters. The van der Waals surface area contributed by atoms with Gasteiger partial charge in [-0.1, -0.05) is 90.2 Å². The Morgan fingerprint density at radius 2 is 0.778 bits per heavy atom. The molecule has 0 amide bonds. The Labute approximate surface area is 116 Å². The summed E-state index contributed by atoms with van der Waals surface area (Å²) in [5, 5.41) is 0. The maximum atomic E-state index is 2.41. The summed E-state index contributed by atoms with van der Waals surface area (Å²) in [5.74, 6) is 0. The van der Waals surface area contributed by atoms with Crippen molar-refractivity contribution in [2.75, 3.05) is 0 Å². The molecule has 0 atom stereocenters. The highest BCUT2D eigenvalue weighted by atomic mass is 14.0. The van der Waals surface area contributed by atoms with Crippen molar-refractivity contribution >= 4 is 0 Å². The molecule has 0 aromatic rings. The SMILES string of the molecule is CCCCCC/C=C\CCCCCCCCCC. The van der Waals surface area contributed by atoms with E-state index in [1.165, 1.54) is 89.9 Å². The van der Waals surface area contributed by atoms with Gasteiger partial charge in [-0.25, -0.2) is 0 Å². The zero-order chi connectivity index (χ0) is 13.3. The van der Waals surface area contributed by atoms with Crippen LogP contribution in [0.5, 0.6) is 0 Å². The van der Waals surface area contributed by atoms with Crippen LogP contribution >= 0.6 is 0 Å². The second-order valence-electron chi connectivity index (χ2n) is 5.58. The van der Waals surface area contributed by atoms with Crippen molar-refractivity contribution in [2.24, 2.45) is 0 Å². The predicted molar refractivity (Wildman–Crippen MR) is 85.1 cm³/mol. The van der Waals surface area contributed by atoms with Gasteiger partial charge in [0.1, 0.15) is 0 Å². The van der Waals surface area contributed by atoms with Gasteiger partial charge in [0.25, 0.3) is 0 Å². The molecule has 0 heteroatoms. The standard InChI is InChI=1S/C18H36/c1-3-5-7-9-11-13-15-17-18-16-14-12-10-8-6-4-2/h13,15H,3-12,14,16-18H2,1-2H3/b15-13-. The van der Waals surface area contributed by atoms with Crippen LogP contribution in [0.15, 0.2) is 12.2 Å². The molecular weight excluding hydrogens is 216 g/mol. The van der Waals surface area contributed by atoms with E-state index in [0.717, 1.165) is 0 Å². The van der Waals surface area contributed by atoms with E-state index in [2.05, 4.69) is 26.0 Å². The first-order chi connectivity index (χ1) is 8.91. The highest BCUT2D eigenvalue weighted by molar-refractivity contribution is 4.81. The van der Waals surface area contributed by atoms with Crippen molar-refractivity contribution < 1.29 is 0 Å². The molecule has 0 fully saturated rings. The van der Waals surface area contributed by atoms with Crippen LogP contribution in [0.25, 0.3) is 0 Å². The van der Waals surface area contributed by atoms with Crippen LogP contribution in [0.2, 0.25) is 0 Å². The summed E-state index contributed by atoms with van der Waals surface area (Å²) in [7, 11) is 0. The van der Waals surface area contributed by atoms with E-state index < -0.39 is 0 Å². The van der Waals surface area contributed by atoms with Gasteiger partial charge in [-0.15, -0.1) is 0 Å². The normalized spacial score (nSPS) is 11.4. The minimum atomic E-state index is 1.30. The number of hydrogen-bond acceptors (Lipinski definition) is 0. The van der Waals surface area contributed by atoms with Crippen molar-refractivity contribution in [1.82, 2.24) is 0 Å². The fourth-order valence-electron chi connectivity index (χ4n) is 2.32. The molecule has 0 nitrogen and oxygen atoms in total. The van der Waals surface area contributed by atoms with Gasteiger partial charge < -0.3 is 0 Å². The lowest BCUT2D eigenvalue weighted by atomic mass is 10.1. The average Bonchev–Trinajstić information content (AvgIpc) is 2.39. The van der Waals surface area contributed by atoms with Gasteiger partial charge in [-0.2, -0.15) is 0 Å². The van der Waals surface area contributed by atoms with Crippen molar-refractivity contribution in [1.29, 1.82) is 0 Å². The van der Waals surface area contributed by atoms with Crippen LogP contribution in [-0.2, 0) is 0 Å². The fourth-order valence-corrected chi connectivity index (χ4v) is 2.32. The molecule has 0 N–H and O–H groups in total. The summed E-state index contributed by atoms with van der Waals surface area (Å²) >= 11 is 0. The number of hydrogen-bond donors (Lipinski definition) is 0. The third-order valence-corrected chi connectivity index (χ3v) is 3.62. The highest BCUT2D eigenvalue weighted by Gasteiger charge is 1.90. The van der Waals surface area contributed by atoms with Crippen LogP contribution in [0.4, 0.5) is 0 Å². The average molecular weight is 252 g/mol. The number of rotatable bonds is 14. The lowest BCUT2D eigenvalue weighted by Crippen LogP contribution is -1.80. The van der Waals surface area contributed by atoms with Gasteiger partial charge in [0.05, 0.1) is 0 Å². The smallest absolute Gasteiger partial charge is 0.0351 e. The summed E-state index contributed by atoms with van der Waals surface area (Å²) in [6, 6.07) is 0. The molecule has 0 saturated heterocycles. The first kappa shape index (κ1) is 17.7. The summed E-state index contributed by atoms with van der Waals surface area (Å²) in [6.45, 7) is 4.56. The van der Waals surface area contributed by atoms with Crippen molar-refractivity contribution in [3.05, 3.63) is 12.2 Å². The van der Waals surface area contributed by atoms with Gasteiger partial charge >= 0.3 is 0 Å². The molecule has 0 aliphatic rings. The van der Waals surface area contributed by atoms with E-state index in [1.807, 2.05) is 0 Å². The zero-order valence-electron chi connectivity index (χ0n) is 13.1. The summed E-state index contributed by atoms with van der Waals surface area (Å²) in [4.78, 5) is 0. The Hall–Kier alpha value is -0.260. The third-order valence-electron chi connectivity index (χ3n) is 3.62. The van der Waals surface area contributed by atoms with Crippen LogP contribution in [0.1, 0.15) is 104 Å². The molecule has 0 aromatic carbocycles. The van der Waals surface area contributed by atoms with Gasteiger partial charge in [0, 0.05) is 0 Å². The maximum absolute atomic E-state index is 2.41. The molecule has 0 aliphatic heterocycles. The minimum Gasteiger partial charge on any atom is -0.0885 e. The van der Waals surface area contributed by atoms with E-state index in [1.54, 1.807) is 0 Å². The van der Waals surface area contributed by atoms with E-state index in [0.29, 0.717) is 0 Å². The fraction of sp³-hybridized carbons (Fsp3) is 0.889. The summed E-state index contributed by atoms with van der Waals surface area (Å²) in [5.41, 5.74) is 0. The Kier molecular flexibility index (Phi) is 16.5. The van der Waals surface area contributed by atoms with Crippen molar-refractivity contribution in [2.45, 2.75) is 104 Å². The molecule has 0 aliphatic carbocycles. The van der Waals surface area contributed by atoms with E-state index in [4.69, 9.17) is 0 Å². The Balaban J connectivity index is 2.99. The zero-order valence-corrected chi connectivity index (χ0v) is 13.1. The summed E-state index contributed by atoms with van der Waals surface area (Å²) in [6.07, 6.45) is 24.4. The van der Waals surface area contributed by atoms with E-state index in [9.17, 15) is 0 Å². The topological polar surface area (TPSA) is 0 Å². The minimum absolute atomic E-state index is 1.30. The number of unbranched alkanes of at least 4 members (excludes halogenated alkanes) is 12. The molecule has 0 heterocycles. The molecule has 108 valence electrons. The predicted octanol–water partition coefficient (Wildman–Crippen LogP) is 7.04. The van der Waals surface area contributed by atoms with Gasteiger partial charge in [-0.3, -0.25) is 0 Å². The molecule has 0 bridgehead atoms. The molecule has 0 spiro atoms. The molecule has 0 saturated carbocycles. The lowest BCUT2D eigenvalue weighted by molar-refractivity contribution is 0.577. The van der Waals surface area contributed by atoms with Crippen LogP contribution < -0.4 is 0 Å². The molecule has 0 aromatic heterocycles. The van der Waals surface area contributed by atoms with E-state index >= 15 is 0 Å². The van der Waals surface area contributed by atoms with Crippen LogP contribution in [-0.4, -0.2) is 0 Å². The van der Waals surface area contributed by atoms with Crippen LogP contribution in [0.3, 0.4) is 0 Å². The Morgan fingerprint density at radius 3 is 1.22 bits per heavy atom. The highest BCUT2D eigenvalue weighted by Crippen LogP contribution is 2.10. The van der Waals surface area contributed by atoms with Gasteiger partial charge in [0.2, 0.25) is 0 Å². The lowest BCUT2D eigenvalue weighted by Gasteiger charge is -1.99. The maximum Gasteiger partial charge on any atom is -0.0351 e. The van der Waals surface area contributed by atoms with Gasteiger partial charge in [0.15, 0.2) is 0 Å².